The van der Waals surface area contributed by atoms with Crippen LogP contribution in [-0.2, 0) is 4.74 Å². The van der Waals surface area contributed by atoms with Gasteiger partial charge < -0.3 is 15.2 Å². The van der Waals surface area contributed by atoms with Gasteiger partial charge in [-0.1, -0.05) is 0 Å². The highest BCUT2D eigenvalue weighted by molar-refractivity contribution is 5.68. The molecule has 2 N–H and O–H groups in total. The van der Waals surface area contributed by atoms with Crippen LogP contribution < -0.4 is 5.32 Å². The van der Waals surface area contributed by atoms with Gasteiger partial charge in [-0.3, -0.25) is 0 Å². The first kappa shape index (κ1) is 13.2. The first-order valence-corrected chi connectivity index (χ1v) is 7.51. The molecule has 6 unspecified atom stereocenters. The highest BCUT2D eigenvalue weighted by Gasteiger charge is 2.56. The van der Waals surface area contributed by atoms with Gasteiger partial charge in [-0.25, -0.2) is 4.79 Å². The largest absolute Gasteiger partial charge is 0.444 e. The zero-order valence-corrected chi connectivity index (χ0v) is 12.1. The van der Waals surface area contributed by atoms with E-state index in [0.29, 0.717) is 23.7 Å². The Balaban J connectivity index is 1.59. The van der Waals surface area contributed by atoms with Gasteiger partial charge in [-0.2, -0.15) is 0 Å². The topological polar surface area (TPSA) is 58.6 Å². The molecule has 0 aromatic rings. The standard InChI is InChI=1S/C15H25NO3/c1-15(2,3)19-14(18)16-13-5-8-4-12(13)11-7-9(17)6-10(8)11/h8-13,17H,4-7H2,1-3H3,(H,16,18). The van der Waals surface area contributed by atoms with Crippen molar-refractivity contribution in [1.29, 1.82) is 0 Å². The van der Waals surface area contributed by atoms with Gasteiger partial charge in [0.15, 0.2) is 0 Å². The van der Waals surface area contributed by atoms with Gasteiger partial charge in [-0.05, 0) is 70.1 Å². The molecule has 3 saturated carbocycles. The predicted octanol–water partition coefficient (Wildman–Crippen LogP) is 2.31. The van der Waals surface area contributed by atoms with E-state index in [1.807, 2.05) is 20.8 Å². The number of hydrogen-bond acceptors (Lipinski definition) is 3. The molecule has 4 nitrogen and oxygen atoms in total. The Hall–Kier alpha value is -0.770. The second-order valence-electron chi connectivity index (χ2n) is 7.60. The van der Waals surface area contributed by atoms with Gasteiger partial charge in [0.1, 0.15) is 5.60 Å². The maximum absolute atomic E-state index is 11.9. The summed E-state index contributed by atoms with van der Waals surface area (Å²) in [6.45, 7) is 5.66. The number of rotatable bonds is 1. The molecule has 1 amide bonds. The molecule has 0 heterocycles. The molecule has 0 saturated heterocycles. The van der Waals surface area contributed by atoms with Gasteiger partial charge in [0, 0.05) is 6.04 Å². The van der Waals surface area contributed by atoms with Crippen LogP contribution in [-0.4, -0.2) is 28.9 Å². The maximum Gasteiger partial charge on any atom is 0.407 e. The highest BCUT2D eigenvalue weighted by atomic mass is 16.6. The molecule has 0 aliphatic heterocycles. The van der Waals surface area contributed by atoms with Gasteiger partial charge >= 0.3 is 6.09 Å². The van der Waals surface area contributed by atoms with E-state index in [1.54, 1.807) is 0 Å². The van der Waals surface area contributed by atoms with Crippen molar-refractivity contribution in [3.05, 3.63) is 0 Å². The number of alkyl carbamates (subject to hydrolysis) is 1. The summed E-state index contributed by atoms with van der Waals surface area (Å²) in [5.41, 5.74) is -0.437. The summed E-state index contributed by atoms with van der Waals surface area (Å²) < 4.78 is 5.34. The van der Waals surface area contributed by atoms with Crippen LogP contribution in [0.5, 0.6) is 0 Å². The number of ether oxygens (including phenoxy) is 1. The lowest BCUT2D eigenvalue weighted by Crippen LogP contribution is -2.44. The first-order valence-electron chi connectivity index (χ1n) is 7.51. The van der Waals surface area contributed by atoms with Crippen LogP contribution in [0.15, 0.2) is 0 Å². The molecule has 3 aliphatic carbocycles. The van der Waals surface area contributed by atoms with Crippen molar-refractivity contribution >= 4 is 6.09 Å². The molecule has 0 aromatic carbocycles. The minimum atomic E-state index is -0.437. The Bertz CT molecular complexity index is 376. The molecule has 6 atom stereocenters. The Morgan fingerprint density at radius 1 is 1.11 bits per heavy atom. The lowest BCUT2D eigenvalue weighted by molar-refractivity contribution is 0.0466. The fraction of sp³-hybridized carbons (Fsp3) is 0.933. The number of aliphatic hydroxyl groups excluding tert-OH is 1. The Kier molecular flexibility index (Phi) is 3.04. The summed E-state index contributed by atoms with van der Waals surface area (Å²) in [6.07, 6.45) is 3.80. The fourth-order valence-corrected chi connectivity index (χ4v) is 4.67. The Morgan fingerprint density at radius 2 is 1.79 bits per heavy atom. The van der Waals surface area contributed by atoms with E-state index in [9.17, 15) is 9.90 Å². The number of fused-ring (bicyclic) bond motifs is 5. The van der Waals surface area contributed by atoms with E-state index in [-0.39, 0.29) is 18.2 Å². The van der Waals surface area contributed by atoms with Crippen LogP contribution in [0.3, 0.4) is 0 Å². The zero-order chi connectivity index (χ0) is 13.8. The summed E-state index contributed by atoms with van der Waals surface area (Å²) in [7, 11) is 0. The van der Waals surface area contributed by atoms with Crippen molar-refractivity contribution in [2.45, 2.75) is 64.2 Å². The molecule has 19 heavy (non-hydrogen) atoms. The number of amides is 1. The van der Waals surface area contributed by atoms with E-state index in [4.69, 9.17) is 4.74 Å². The minimum Gasteiger partial charge on any atom is -0.444 e. The van der Waals surface area contributed by atoms with Crippen molar-refractivity contribution in [1.82, 2.24) is 5.32 Å². The summed E-state index contributed by atoms with van der Waals surface area (Å²) in [5, 5.41) is 12.9. The molecule has 3 fully saturated rings. The highest BCUT2D eigenvalue weighted by Crippen LogP contribution is 2.58. The van der Waals surface area contributed by atoms with Gasteiger partial charge in [0.2, 0.25) is 0 Å². The van der Waals surface area contributed by atoms with Crippen LogP contribution in [0.25, 0.3) is 0 Å². The van der Waals surface area contributed by atoms with Crippen LogP contribution in [0, 0.1) is 23.7 Å². The van der Waals surface area contributed by atoms with Crippen LogP contribution >= 0.6 is 0 Å². The smallest absolute Gasteiger partial charge is 0.407 e. The molecular formula is C15H25NO3. The molecule has 2 bridgehead atoms. The number of aliphatic hydroxyl groups is 1. The maximum atomic E-state index is 11.9. The Morgan fingerprint density at radius 3 is 2.47 bits per heavy atom. The average Bonchev–Trinajstić information content (AvgIpc) is 2.84. The van der Waals surface area contributed by atoms with Gasteiger partial charge in [-0.15, -0.1) is 0 Å². The van der Waals surface area contributed by atoms with E-state index in [1.165, 1.54) is 6.42 Å². The molecule has 0 spiro atoms. The quantitative estimate of drug-likeness (QED) is 0.766. The second-order valence-corrected chi connectivity index (χ2v) is 7.60. The lowest BCUT2D eigenvalue weighted by Gasteiger charge is -2.32. The molecular weight excluding hydrogens is 242 g/mol. The number of carbonyl (C=O) groups is 1. The van der Waals surface area contributed by atoms with Crippen molar-refractivity contribution in [2.24, 2.45) is 23.7 Å². The van der Waals surface area contributed by atoms with Crippen molar-refractivity contribution in [2.75, 3.05) is 0 Å². The predicted molar refractivity (Wildman–Crippen MR) is 71.6 cm³/mol. The van der Waals surface area contributed by atoms with Crippen LogP contribution in [0.1, 0.15) is 46.5 Å². The Labute approximate surface area is 114 Å². The third-order valence-electron chi connectivity index (χ3n) is 5.14. The lowest BCUT2D eigenvalue weighted by atomic mass is 9.79. The minimum absolute atomic E-state index is 0.111. The average molecular weight is 267 g/mol. The first-order chi connectivity index (χ1) is 8.83. The number of nitrogens with one attached hydrogen (secondary N) is 1. The third kappa shape index (κ3) is 2.47. The normalized spacial score (nSPS) is 44.2. The molecule has 0 aromatic heterocycles. The zero-order valence-electron chi connectivity index (χ0n) is 12.1. The fourth-order valence-electron chi connectivity index (χ4n) is 4.67. The van der Waals surface area contributed by atoms with Crippen molar-refractivity contribution in [3.8, 4) is 0 Å². The van der Waals surface area contributed by atoms with Crippen molar-refractivity contribution < 1.29 is 14.6 Å². The van der Waals surface area contributed by atoms with Gasteiger partial charge in [0.05, 0.1) is 6.10 Å². The molecule has 0 radical (unpaired) electrons. The second kappa shape index (κ2) is 4.37. The monoisotopic (exact) mass is 267 g/mol. The number of carbonyl (C=O) groups excluding carboxylic acids is 1. The summed E-state index contributed by atoms with van der Waals surface area (Å²) in [6, 6.07) is 0.256. The molecule has 4 heteroatoms. The third-order valence-corrected chi connectivity index (χ3v) is 5.14. The van der Waals surface area contributed by atoms with E-state index >= 15 is 0 Å². The SMILES string of the molecule is CC(C)(C)OC(=O)NC1CC2CC1C1CC(O)CC21. The molecule has 108 valence electrons. The number of hydrogen-bond donors (Lipinski definition) is 2. The van der Waals surface area contributed by atoms with Crippen LogP contribution in [0.4, 0.5) is 4.79 Å². The van der Waals surface area contributed by atoms with Crippen LogP contribution in [0.2, 0.25) is 0 Å². The van der Waals surface area contributed by atoms with Crippen molar-refractivity contribution in [3.63, 3.8) is 0 Å². The summed E-state index contributed by atoms with van der Waals surface area (Å²) >= 11 is 0. The van der Waals surface area contributed by atoms with Gasteiger partial charge in [0.25, 0.3) is 0 Å². The van der Waals surface area contributed by atoms with E-state index in [2.05, 4.69) is 5.32 Å². The molecule has 3 aliphatic rings. The van der Waals surface area contributed by atoms with E-state index < -0.39 is 5.60 Å². The van der Waals surface area contributed by atoms with E-state index in [0.717, 1.165) is 19.3 Å². The molecule has 3 rings (SSSR count). The summed E-state index contributed by atoms with van der Waals surface area (Å²) in [5.74, 6) is 2.58. The summed E-state index contributed by atoms with van der Waals surface area (Å²) in [4.78, 5) is 11.9.